The molecule has 2 aliphatic carbocycles. The Hall–Kier alpha value is -2.91. The van der Waals surface area contributed by atoms with E-state index in [2.05, 4.69) is 15.2 Å². The molecule has 6 rings (SSSR count). The van der Waals surface area contributed by atoms with E-state index in [9.17, 15) is 4.39 Å². The van der Waals surface area contributed by atoms with Gasteiger partial charge in [0.1, 0.15) is 11.6 Å². The lowest BCUT2D eigenvalue weighted by Gasteiger charge is -2.21. The van der Waals surface area contributed by atoms with E-state index in [1.807, 2.05) is 12.3 Å². The molecule has 1 aromatic carbocycles. The van der Waals surface area contributed by atoms with Gasteiger partial charge in [0, 0.05) is 60.4 Å². The molecular weight excluding hydrogens is 439 g/mol. The van der Waals surface area contributed by atoms with Crippen LogP contribution in [0.2, 0.25) is 0 Å². The fraction of sp³-hybridized carbons (Fsp3) is 0.375. The van der Waals surface area contributed by atoms with E-state index in [0.29, 0.717) is 12.2 Å². The first-order valence-electron chi connectivity index (χ1n) is 11.1. The van der Waals surface area contributed by atoms with Gasteiger partial charge in [-0.15, -0.1) is 11.8 Å². The molecule has 2 fully saturated rings. The Morgan fingerprint density at radius 1 is 1.24 bits per heavy atom. The average molecular weight is 465 g/mol. The number of anilines is 2. The number of rotatable bonds is 5. The van der Waals surface area contributed by atoms with Crippen molar-refractivity contribution in [3.05, 3.63) is 47.7 Å². The number of halogens is 1. The largest absolute Gasteiger partial charge is 0.423 e. The summed E-state index contributed by atoms with van der Waals surface area (Å²) >= 11 is 1.59. The van der Waals surface area contributed by atoms with Gasteiger partial charge >= 0.3 is 6.01 Å². The van der Waals surface area contributed by atoms with Crippen molar-refractivity contribution in [2.75, 3.05) is 36.6 Å². The summed E-state index contributed by atoms with van der Waals surface area (Å²) in [7, 11) is 1.81. The number of nitrogens with one attached hydrogen (secondary N) is 1. The molecule has 1 aliphatic heterocycles. The highest BCUT2D eigenvalue weighted by Gasteiger charge is 2.54. The van der Waals surface area contributed by atoms with Crippen LogP contribution in [0.3, 0.4) is 0 Å². The third kappa shape index (κ3) is 3.41. The summed E-state index contributed by atoms with van der Waals surface area (Å²) in [6.07, 6.45) is 8.31. The van der Waals surface area contributed by atoms with Crippen molar-refractivity contribution in [2.24, 2.45) is 11.1 Å². The summed E-state index contributed by atoms with van der Waals surface area (Å²) in [5, 5.41) is 3.13. The normalized spacial score (nSPS) is 19.5. The number of nitrogens with two attached hydrogens (primary N) is 1. The van der Waals surface area contributed by atoms with Gasteiger partial charge in [0.2, 0.25) is 0 Å². The van der Waals surface area contributed by atoms with Gasteiger partial charge in [0.15, 0.2) is 5.75 Å². The molecule has 0 unspecified atom stereocenters. The number of thioether (sulfide) groups is 1. The van der Waals surface area contributed by atoms with Gasteiger partial charge in [-0.3, -0.25) is 4.98 Å². The summed E-state index contributed by atoms with van der Waals surface area (Å²) in [4.78, 5) is 17.1. The van der Waals surface area contributed by atoms with Gasteiger partial charge in [-0.25, -0.2) is 4.39 Å². The fourth-order valence-corrected chi connectivity index (χ4v) is 5.51. The van der Waals surface area contributed by atoms with Crippen LogP contribution >= 0.6 is 11.8 Å². The molecule has 1 atom stereocenters. The minimum absolute atomic E-state index is 0.108. The van der Waals surface area contributed by atoms with Crippen molar-refractivity contribution in [1.82, 2.24) is 15.0 Å². The van der Waals surface area contributed by atoms with Crippen molar-refractivity contribution >= 4 is 23.3 Å². The molecule has 170 valence electrons. The second-order valence-electron chi connectivity index (χ2n) is 9.07. The van der Waals surface area contributed by atoms with Crippen molar-refractivity contribution in [3.63, 3.8) is 0 Å². The Morgan fingerprint density at radius 2 is 2.09 bits per heavy atom. The van der Waals surface area contributed by atoms with E-state index in [-0.39, 0.29) is 23.3 Å². The lowest BCUT2D eigenvalue weighted by Crippen LogP contribution is -2.30. The molecule has 1 saturated heterocycles. The van der Waals surface area contributed by atoms with Gasteiger partial charge in [0.05, 0.1) is 11.9 Å². The second-order valence-corrected chi connectivity index (χ2v) is 9.95. The topological polar surface area (TPSA) is 89.2 Å². The quantitative estimate of drug-likeness (QED) is 0.428. The van der Waals surface area contributed by atoms with E-state index < -0.39 is 0 Å². The molecule has 1 spiro atoms. The van der Waals surface area contributed by atoms with Crippen LogP contribution in [0, 0.1) is 11.2 Å². The molecule has 3 aromatic rings. The van der Waals surface area contributed by atoms with Crippen LogP contribution in [0.5, 0.6) is 11.8 Å². The standard InChI is InChI=1S/C24H25FN6OS/c1-27-18-6-13(25)5-17-16(18)8-19-21(17)22(31-11-20(26)24(12-31)3-4-24)30-23(29-19)32-14-7-15(33-2)10-28-9-14/h5-7,9-10,20,27H,3-4,8,11-12,26H2,1-2H3/t20-/m0/s1. The maximum absolute atomic E-state index is 14.5. The highest BCUT2D eigenvalue weighted by atomic mass is 32.2. The Kier molecular flexibility index (Phi) is 4.74. The van der Waals surface area contributed by atoms with Gasteiger partial charge in [0.25, 0.3) is 0 Å². The molecule has 1 saturated carbocycles. The summed E-state index contributed by atoms with van der Waals surface area (Å²) in [5.41, 5.74) is 11.0. The number of ether oxygens (including phenoxy) is 1. The van der Waals surface area contributed by atoms with E-state index in [0.717, 1.165) is 64.7 Å². The molecule has 0 bridgehead atoms. The fourth-order valence-electron chi connectivity index (χ4n) is 5.11. The number of hydrogen-bond donors (Lipinski definition) is 2. The first kappa shape index (κ1) is 20.7. The zero-order valence-corrected chi connectivity index (χ0v) is 19.4. The molecule has 9 heteroatoms. The molecule has 3 heterocycles. The smallest absolute Gasteiger partial charge is 0.324 e. The minimum atomic E-state index is -0.283. The summed E-state index contributed by atoms with van der Waals surface area (Å²) in [6.45, 7) is 1.57. The van der Waals surface area contributed by atoms with Gasteiger partial charge in [-0.2, -0.15) is 9.97 Å². The lowest BCUT2D eigenvalue weighted by atomic mass is 10.0. The van der Waals surface area contributed by atoms with Crippen LogP contribution in [-0.2, 0) is 6.42 Å². The molecule has 0 amide bonds. The van der Waals surface area contributed by atoms with E-state index in [1.54, 1.807) is 37.3 Å². The Labute approximate surface area is 196 Å². The number of benzene rings is 1. The maximum atomic E-state index is 14.5. The number of pyridine rings is 1. The molecule has 7 nitrogen and oxygen atoms in total. The van der Waals surface area contributed by atoms with E-state index in [1.165, 1.54) is 6.07 Å². The van der Waals surface area contributed by atoms with Gasteiger partial charge in [-0.05, 0) is 48.4 Å². The third-order valence-electron chi connectivity index (χ3n) is 7.08. The molecule has 3 aliphatic rings. The maximum Gasteiger partial charge on any atom is 0.324 e. The predicted molar refractivity (Wildman–Crippen MR) is 128 cm³/mol. The monoisotopic (exact) mass is 464 g/mol. The SMILES string of the molecule is CNc1cc(F)cc2c1Cc1nc(Oc3cncc(SC)c3)nc(N3C[C@H](N)C4(CC4)C3)c1-2. The lowest BCUT2D eigenvalue weighted by molar-refractivity contribution is 0.437. The van der Waals surface area contributed by atoms with Crippen LogP contribution in [-0.4, -0.2) is 47.4 Å². The third-order valence-corrected chi connectivity index (χ3v) is 7.77. The van der Waals surface area contributed by atoms with Crippen molar-refractivity contribution in [2.45, 2.75) is 30.2 Å². The Balaban J connectivity index is 1.47. The van der Waals surface area contributed by atoms with E-state index in [4.69, 9.17) is 20.4 Å². The molecule has 3 N–H and O–H groups in total. The van der Waals surface area contributed by atoms with Crippen LogP contribution in [0.25, 0.3) is 11.1 Å². The molecule has 2 aromatic heterocycles. The summed E-state index contributed by atoms with van der Waals surface area (Å²) < 4.78 is 20.6. The van der Waals surface area contributed by atoms with Crippen LogP contribution in [0.15, 0.2) is 35.5 Å². The highest BCUT2D eigenvalue weighted by Crippen LogP contribution is 2.54. The predicted octanol–water partition coefficient (Wildman–Crippen LogP) is 4.07. The zero-order valence-electron chi connectivity index (χ0n) is 18.6. The number of aromatic nitrogens is 3. The van der Waals surface area contributed by atoms with Crippen molar-refractivity contribution in [1.29, 1.82) is 0 Å². The Bertz CT molecular complexity index is 1260. The number of hydrogen-bond acceptors (Lipinski definition) is 8. The van der Waals surface area contributed by atoms with Crippen LogP contribution in [0.4, 0.5) is 15.9 Å². The zero-order chi connectivity index (χ0) is 22.7. The Morgan fingerprint density at radius 3 is 2.82 bits per heavy atom. The first-order valence-corrected chi connectivity index (χ1v) is 12.3. The average Bonchev–Trinajstić information content (AvgIpc) is 3.40. The van der Waals surface area contributed by atoms with Crippen LogP contribution < -0.4 is 20.7 Å². The van der Waals surface area contributed by atoms with E-state index >= 15 is 0 Å². The molecular formula is C24H25FN6OS. The number of nitrogens with zero attached hydrogens (tertiary/aromatic N) is 4. The summed E-state index contributed by atoms with van der Waals surface area (Å²) in [6, 6.07) is 5.41. The van der Waals surface area contributed by atoms with Crippen LogP contribution in [0.1, 0.15) is 24.1 Å². The summed E-state index contributed by atoms with van der Waals surface area (Å²) in [5.74, 6) is 1.07. The minimum Gasteiger partial charge on any atom is -0.423 e. The highest BCUT2D eigenvalue weighted by molar-refractivity contribution is 7.98. The van der Waals surface area contributed by atoms with Crippen molar-refractivity contribution < 1.29 is 9.13 Å². The molecule has 33 heavy (non-hydrogen) atoms. The van der Waals surface area contributed by atoms with Crippen molar-refractivity contribution in [3.8, 4) is 22.9 Å². The van der Waals surface area contributed by atoms with Gasteiger partial charge in [-0.1, -0.05) is 0 Å². The second kappa shape index (κ2) is 7.56. The number of fused-ring (bicyclic) bond motifs is 3. The van der Waals surface area contributed by atoms with Gasteiger partial charge < -0.3 is 20.7 Å². The molecule has 0 radical (unpaired) electrons. The first-order chi connectivity index (χ1) is 16.0.